The first-order valence-electron chi connectivity index (χ1n) is 6.91. The number of nitrogens with zero attached hydrogens (tertiary/aromatic N) is 1. The van der Waals surface area contributed by atoms with E-state index in [0.29, 0.717) is 11.4 Å². The van der Waals surface area contributed by atoms with Gasteiger partial charge in [0, 0.05) is 18.5 Å². The number of hydrogen-bond donors (Lipinski definition) is 3. The van der Waals surface area contributed by atoms with Gasteiger partial charge in [0.1, 0.15) is 5.82 Å². The van der Waals surface area contributed by atoms with Gasteiger partial charge in [-0.2, -0.15) is 0 Å². The first-order valence-corrected chi connectivity index (χ1v) is 6.91. The third-order valence-corrected chi connectivity index (χ3v) is 3.87. The first kappa shape index (κ1) is 13.8. The summed E-state index contributed by atoms with van der Waals surface area (Å²) in [4.78, 5) is 16.8. The fourth-order valence-corrected chi connectivity index (χ4v) is 2.58. The standard InChI is InChI=1S/C15H18N4O2/c1-21-10-6-9(7-10)17-15(20)12-8-14(19-16)18-13-5-3-2-4-11(12)13/h2-5,8-10H,6-7,16H2,1H3,(H,17,20)(H,18,19). The van der Waals surface area contributed by atoms with Crippen LogP contribution in [0.1, 0.15) is 23.2 Å². The fourth-order valence-electron chi connectivity index (χ4n) is 2.58. The van der Waals surface area contributed by atoms with Crippen LogP contribution >= 0.6 is 0 Å². The summed E-state index contributed by atoms with van der Waals surface area (Å²) in [5.74, 6) is 5.79. The van der Waals surface area contributed by atoms with Crippen LogP contribution in [0.15, 0.2) is 30.3 Å². The molecule has 0 atom stereocenters. The number of nitrogens with two attached hydrogens (primary N) is 1. The van der Waals surface area contributed by atoms with Crippen molar-refractivity contribution in [3.8, 4) is 0 Å². The molecule has 1 amide bonds. The number of nitrogens with one attached hydrogen (secondary N) is 2. The lowest BCUT2D eigenvalue weighted by atomic mass is 9.89. The van der Waals surface area contributed by atoms with E-state index in [9.17, 15) is 4.79 Å². The molecular formula is C15H18N4O2. The van der Waals surface area contributed by atoms with Gasteiger partial charge >= 0.3 is 0 Å². The molecule has 1 fully saturated rings. The minimum atomic E-state index is -0.107. The number of anilines is 1. The average molecular weight is 286 g/mol. The summed E-state index contributed by atoms with van der Waals surface area (Å²) in [6, 6.07) is 9.36. The Morgan fingerprint density at radius 1 is 1.38 bits per heavy atom. The summed E-state index contributed by atoms with van der Waals surface area (Å²) in [5.41, 5.74) is 3.82. The second-order valence-electron chi connectivity index (χ2n) is 5.22. The number of amides is 1. The molecular weight excluding hydrogens is 268 g/mol. The predicted molar refractivity (Wildman–Crippen MR) is 80.8 cm³/mol. The largest absolute Gasteiger partial charge is 0.381 e. The van der Waals surface area contributed by atoms with E-state index in [-0.39, 0.29) is 18.1 Å². The Morgan fingerprint density at radius 3 is 2.86 bits per heavy atom. The third kappa shape index (κ3) is 2.68. The lowest BCUT2D eigenvalue weighted by molar-refractivity contribution is 0.0176. The Hall–Kier alpha value is -2.18. The molecule has 3 rings (SSSR count). The molecule has 0 radical (unpaired) electrons. The van der Waals surface area contributed by atoms with Crippen LogP contribution in [0.25, 0.3) is 10.9 Å². The fraction of sp³-hybridized carbons (Fsp3) is 0.333. The Kier molecular flexibility index (Phi) is 3.72. The van der Waals surface area contributed by atoms with Crippen molar-refractivity contribution in [1.82, 2.24) is 10.3 Å². The zero-order chi connectivity index (χ0) is 14.8. The Bertz CT molecular complexity index is 668. The highest BCUT2D eigenvalue weighted by molar-refractivity contribution is 6.07. The Labute approximate surface area is 122 Å². The predicted octanol–water partition coefficient (Wildman–Crippen LogP) is 1.43. The van der Waals surface area contributed by atoms with Gasteiger partial charge in [-0.3, -0.25) is 4.79 Å². The molecule has 1 aliphatic rings. The van der Waals surface area contributed by atoms with Crippen LogP contribution in [0, 0.1) is 0 Å². The van der Waals surface area contributed by atoms with Gasteiger partial charge in [0.15, 0.2) is 0 Å². The van der Waals surface area contributed by atoms with Crippen LogP contribution in [0.4, 0.5) is 5.82 Å². The molecule has 0 spiro atoms. The van der Waals surface area contributed by atoms with Crippen molar-refractivity contribution in [2.24, 2.45) is 5.84 Å². The molecule has 0 bridgehead atoms. The van der Waals surface area contributed by atoms with E-state index in [1.54, 1.807) is 13.2 Å². The molecule has 1 heterocycles. The van der Waals surface area contributed by atoms with Crippen LogP contribution in [-0.2, 0) is 4.74 Å². The quantitative estimate of drug-likeness (QED) is 0.584. The zero-order valence-electron chi connectivity index (χ0n) is 11.8. The molecule has 0 aliphatic heterocycles. The zero-order valence-corrected chi connectivity index (χ0v) is 11.8. The summed E-state index contributed by atoms with van der Waals surface area (Å²) < 4.78 is 5.22. The van der Waals surface area contributed by atoms with Crippen molar-refractivity contribution in [2.45, 2.75) is 25.0 Å². The normalized spacial score (nSPS) is 20.9. The third-order valence-electron chi connectivity index (χ3n) is 3.87. The lowest BCUT2D eigenvalue weighted by Crippen LogP contribution is -2.47. The van der Waals surface area contributed by atoms with Gasteiger partial charge in [-0.05, 0) is 25.0 Å². The number of para-hydroxylation sites is 1. The number of rotatable bonds is 4. The number of ether oxygens (including phenoxy) is 1. The van der Waals surface area contributed by atoms with E-state index in [2.05, 4.69) is 15.7 Å². The summed E-state index contributed by atoms with van der Waals surface area (Å²) in [7, 11) is 1.69. The smallest absolute Gasteiger partial charge is 0.252 e. The van der Waals surface area contributed by atoms with Crippen molar-refractivity contribution < 1.29 is 9.53 Å². The van der Waals surface area contributed by atoms with Crippen LogP contribution in [0.2, 0.25) is 0 Å². The van der Waals surface area contributed by atoms with Gasteiger partial charge < -0.3 is 15.5 Å². The molecule has 21 heavy (non-hydrogen) atoms. The molecule has 0 unspecified atom stereocenters. The number of methoxy groups -OCH3 is 1. The summed E-state index contributed by atoms with van der Waals surface area (Å²) in [6.45, 7) is 0. The number of carbonyl (C=O) groups excluding carboxylic acids is 1. The van der Waals surface area contributed by atoms with Crippen molar-refractivity contribution in [3.05, 3.63) is 35.9 Å². The van der Waals surface area contributed by atoms with E-state index < -0.39 is 0 Å². The molecule has 1 aromatic carbocycles. The SMILES string of the molecule is COC1CC(NC(=O)c2cc(NN)nc3ccccc23)C1. The number of aromatic nitrogens is 1. The molecule has 110 valence electrons. The number of pyridine rings is 1. The molecule has 1 aromatic heterocycles. The molecule has 6 heteroatoms. The number of carbonyl (C=O) groups is 1. The highest BCUT2D eigenvalue weighted by atomic mass is 16.5. The highest BCUT2D eigenvalue weighted by Crippen LogP contribution is 2.25. The van der Waals surface area contributed by atoms with Crippen molar-refractivity contribution in [2.75, 3.05) is 12.5 Å². The monoisotopic (exact) mass is 286 g/mol. The van der Waals surface area contributed by atoms with Crippen LogP contribution in [0.3, 0.4) is 0 Å². The van der Waals surface area contributed by atoms with Crippen LogP contribution in [0.5, 0.6) is 0 Å². The molecule has 1 aliphatic carbocycles. The average Bonchev–Trinajstić information content (AvgIpc) is 2.48. The summed E-state index contributed by atoms with van der Waals surface area (Å²) in [6.07, 6.45) is 1.96. The van der Waals surface area contributed by atoms with E-state index in [1.165, 1.54) is 0 Å². The van der Waals surface area contributed by atoms with Crippen molar-refractivity contribution in [1.29, 1.82) is 0 Å². The van der Waals surface area contributed by atoms with Gasteiger partial charge in [-0.25, -0.2) is 10.8 Å². The number of hydrogen-bond acceptors (Lipinski definition) is 5. The van der Waals surface area contributed by atoms with E-state index >= 15 is 0 Å². The highest BCUT2D eigenvalue weighted by Gasteiger charge is 2.30. The number of hydrazine groups is 1. The first-order chi connectivity index (χ1) is 10.2. The summed E-state index contributed by atoms with van der Waals surface area (Å²) in [5, 5.41) is 3.84. The number of fused-ring (bicyclic) bond motifs is 1. The lowest BCUT2D eigenvalue weighted by Gasteiger charge is -2.34. The van der Waals surface area contributed by atoms with Gasteiger partial charge in [-0.1, -0.05) is 18.2 Å². The van der Waals surface area contributed by atoms with Gasteiger partial charge in [0.05, 0.1) is 17.2 Å². The molecule has 4 N–H and O–H groups in total. The minimum absolute atomic E-state index is 0.107. The van der Waals surface area contributed by atoms with Crippen LogP contribution < -0.4 is 16.6 Å². The Balaban J connectivity index is 1.86. The van der Waals surface area contributed by atoms with Gasteiger partial charge in [0.25, 0.3) is 5.91 Å². The second kappa shape index (κ2) is 5.67. The van der Waals surface area contributed by atoms with Crippen LogP contribution in [-0.4, -0.2) is 30.1 Å². The topological polar surface area (TPSA) is 89.3 Å². The maximum Gasteiger partial charge on any atom is 0.252 e. The molecule has 6 nitrogen and oxygen atoms in total. The number of nitrogen functional groups attached to an aromatic ring is 1. The maximum atomic E-state index is 12.5. The van der Waals surface area contributed by atoms with Crippen molar-refractivity contribution >= 4 is 22.6 Å². The number of benzene rings is 1. The van der Waals surface area contributed by atoms with Gasteiger partial charge in [-0.15, -0.1) is 0 Å². The van der Waals surface area contributed by atoms with E-state index in [0.717, 1.165) is 23.7 Å². The molecule has 2 aromatic rings. The van der Waals surface area contributed by atoms with E-state index in [4.69, 9.17) is 10.6 Å². The van der Waals surface area contributed by atoms with Crippen molar-refractivity contribution in [3.63, 3.8) is 0 Å². The Morgan fingerprint density at radius 2 is 2.14 bits per heavy atom. The molecule has 1 saturated carbocycles. The summed E-state index contributed by atoms with van der Waals surface area (Å²) >= 11 is 0. The maximum absolute atomic E-state index is 12.5. The second-order valence-corrected chi connectivity index (χ2v) is 5.22. The minimum Gasteiger partial charge on any atom is -0.381 e. The van der Waals surface area contributed by atoms with Gasteiger partial charge in [0.2, 0.25) is 0 Å². The van der Waals surface area contributed by atoms with E-state index in [1.807, 2.05) is 24.3 Å². The molecule has 0 saturated heterocycles.